The highest BCUT2D eigenvalue weighted by Crippen LogP contribution is 2.29. The van der Waals surface area contributed by atoms with Crippen molar-refractivity contribution in [3.05, 3.63) is 84.4 Å². The van der Waals surface area contributed by atoms with E-state index in [1.807, 2.05) is 67.6 Å². The molecule has 1 atom stereocenters. The molecule has 0 saturated carbocycles. The molecule has 0 fully saturated rings. The van der Waals surface area contributed by atoms with E-state index in [0.717, 1.165) is 23.6 Å². The number of anilines is 1. The first kappa shape index (κ1) is 24.3. The number of aryl methyl sites for hydroxylation is 1. The summed E-state index contributed by atoms with van der Waals surface area (Å²) in [5.74, 6) is 2.10. The third kappa shape index (κ3) is 6.22. The molecule has 0 aliphatic carbocycles. The van der Waals surface area contributed by atoms with Crippen LogP contribution < -0.4 is 14.8 Å². The van der Waals surface area contributed by atoms with Crippen LogP contribution in [0, 0.1) is 0 Å². The molecule has 4 aromatic rings. The van der Waals surface area contributed by atoms with Gasteiger partial charge in [0.1, 0.15) is 11.5 Å². The molecule has 0 bridgehead atoms. The summed E-state index contributed by atoms with van der Waals surface area (Å²) in [5, 5.41) is 12.2. The molecule has 0 saturated heterocycles. The Morgan fingerprint density at radius 1 is 0.943 bits per heavy atom. The summed E-state index contributed by atoms with van der Waals surface area (Å²) in [7, 11) is 3.24. The molecule has 7 nitrogen and oxygen atoms in total. The first-order chi connectivity index (χ1) is 17.1. The number of aromatic nitrogens is 3. The smallest absolute Gasteiger partial charge is 0.237 e. The average Bonchev–Trinajstić information content (AvgIpc) is 3.30. The normalized spacial score (nSPS) is 11.6. The van der Waals surface area contributed by atoms with E-state index in [1.165, 1.54) is 17.3 Å². The van der Waals surface area contributed by atoms with E-state index in [4.69, 9.17) is 9.47 Å². The molecule has 0 radical (unpaired) electrons. The summed E-state index contributed by atoms with van der Waals surface area (Å²) < 4.78 is 12.6. The van der Waals surface area contributed by atoms with Gasteiger partial charge in [0.15, 0.2) is 11.0 Å². The Morgan fingerprint density at radius 3 is 2.40 bits per heavy atom. The van der Waals surface area contributed by atoms with Crippen LogP contribution in [0.2, 0.25) is 0 Å². The minimum atomic E-state index is -0.385. The van der Waals surface area contributed by atoms with Gasteiger partial charge in [-0.05, 0) is 55.3 Å². The van der Waals surface area contributed by atoms with Crippen molar-refractivity contribution in [2.45, 2.75) is 30.3 Å². The number of methoxy groups -OCH3 is 2. The Bertz CT molecular complexity index is 1260. The van der Waals surface area contributed by atoms with Gasteiger partial charge in [-0.3, -0.25) is 4.79 Å². The predicted octanol–water partition coefficient (Wildman–Crippen LogP) is 5.32. The molecule has 1 N–H and O–H groups in total. The van der Waals surface area contributed by atoms with E-state index in [1.54, 1.807) is 20.3 Å². The number of carbonyl (C=O) groups excluding carboxylic acids is 1. The number of hydrogen-bond acceptors (Lipinski definition) is 6. The first-order valence-corrected chi connectivity index (χ1v) is 12.2. The predicted molar refractivity (Wildman–Crippen MR) is 139 cm³/mol. The minimum absolute atomic E-state index is 0.119. The monoisotopic (exact) mass is 488 g/mol. The van der Waals surface area contributed by atoms with Gasteiger partial charge in [0.05, 0.1) is 19.5 Å². The SMILES string of the molecule is COc1ccc(-c2nnc(SC(C)C(=O)Nc3cccc(OC)c3)n2CCc2ccccc2)cc1. The van der Waals surface area contributed by atoms with Gasteiger partial charge in [-0.15, -0.1) is 10.2 Å². The molecule has 1 amide bonds. The number of nitrogens with one attached hydrogen (secondary N) is 1. The minimum Gasteiger partial charge on any atom is -0.497 e. The van der Waals surface area contributed by atoms with Crippen molar-refractivity contribution in [1.82, 2.24) is 14.8 Å². The molecule has 0 spiro atoms. The van der Waals surface area contributed by atoms with Crippen molar-refractivity contribution in [3.63, 3.8) is 0 Å². The highest BCUT2D eigenvalue weighted by molar-refractivity contribution is 8.00. The molecule has 1 unspecified atom stereocenters. The molecule has 3 aromatic carbocycles. The van der Waals surface area contributed by atoms with Gasteiger partial charge >= 0.3 is 0 Å². The lowest BCUT2D eigenvalue weighted by Gasteiger charge is -2.14. The van der Waals surface area contributed by atoms with Gasteiger partial charge in [0.25, 0.3) is 0 Å². The lowest BCUT2D eigenvalue weighted by atomic mass is 10.1. The maximum atomic E-state index is 12.9. The van der Waals surface area contributed by atoms with Crippen LogP contribution in [0.3, 0.4) is 0 Å². The number of carbonyl (C=O) groups is 1. The second-order valence-corrected chi connectivity index (χ2v) is 9.21. The van der Waals surface area contributed by atoms with Crippen molar-refractivity contribution in [2.75, 3.05) is 19.5 Å². The standard InChI is InChI=1S/C27H28N4O3S/c1-19(26(32)28-22-10-7-11-24(18-22)34-3)35-27-30-29-25(21-12-14-23(33-2)15-13-21)31(27)17-16-20-8-5-4-6-9-20/h4-15,18-19H,16-17H2,1-3H3,(H,28,32). The van der Waals surface area contributed by atoms with E-state index in [2.05, 4.69) is 32.2 Å². The third-order valence-corrected chi connectivity index (χ3v) is 6.60. The zero-order chi connectivity index (χ0) is 24.6. The van der Waals surface area contributed by atoms with Gasteiger partial charge < -0.3 is 19.4 Å². The maximum absolute atomic E-state index is 12.9. The topological polar surface area (TPSA) is 78.3 Å². The summed E-state index contributed by atoms with van der Waals surface area (Å²) in [4.78, 5) is 12.9. The van der Waals surface area contributed by atoms with Crippen molar-refractivity contribution >= 4 is 23.4 Å². The Labute approximate surface area is 209 Å². The highest BCUT2D eigenvalue weighted by Gasteiger charge is 2.21. The summed E-state index contributed by atoms with van der Waals surface area (Å²) in [6.07, 6.45) is 0.819. The van der Waals surface area contributed by atoms with E-state index < -0.39 is 0 Å². The van der Waals surface area contributed by atoms with Crippen LogP contribution in [0.15, 0.2) is 84.0 Å². The molecule has 8 heteroatoms. The zero-order valence-electron chi connectivity index (χ0n) is 20.0. The molecule has 4 rings (SSSR count). The third-order valence-electron chi connectivity index (χ3n) is 5.52. The van der Waals surface area contributed by atoms with Gasteiger partial charge in [0, 0.05) is 23.9 Å². The van der Waals surface area contributed by atoms with Crippen LogP contribution in [0.1, 0.15) is 12.5 Å². The number of rotatable bonds is 10. The lowest BCUT2D eigenvalue weighted by Crippen LogP contribution is -2.23. The maximum Gasteiger partial charge on any atom is 0.237 e. The first-order valence-electron chi connectivity index (χ1n) is 11.3. The van der Waals surface area contributed by atoms with Crippen molar-refractivity contribution < 1.29 is 14.3 Å². The number of ether oxygens (including phenoxy) is 2. The molecule has 180 valence electrons. The number of thioether (sulfide) groups is 1. The summed E-state index contributed by atoms with van der Waals surface area (Å²) in [6, 6.07) is 25.3. The van der Waals surface area contributed by atoms with E-state index in [0.29, 0.717) is 23.1 Å². The summed E-state index contributed by atoms with van der Waals surface area (Å²) in [6.45, 7) is 2.55. The van der Waals surface area contributed by atoms with E-state index >= 15 is 0 Å². The van der Waals surface area contributed by atoms with E-state index in [9.17, 15) is 4.79 Å². The van der Waals surface area contributed by atoms with Crippen molar-refractivity contribution in [2.24, 2.45) is 0 Å². The quantitative estimate of drug-likeness (QED) is 0.304. The number of hydrogen-bond donors (Lipinski definition) is 1. The van der Waals surface area contributed by atoms with Crippen LogP contribution >= 0.6 is 11.8 Å². The molecule has 0 aliphatic rings. The number of nitrogens with zero attached hydrogens (tertiary/aromatic N) is 3. The van der Waals surface area contributed by atoms with Crippen LogP contribution in [0.5, 0.6) is 11.5 Å². The van der Waals surface area contributed by atoms with Crippen LogP contribution in [-0.4, -0.2) is 40.1 Å². The molecule has 0 aliphatic heterocycles. The summed E-state index contributed by atoms with van der Waals surface area (Å²) >= 11 is 1.39. The van der Waals surface area contributed by atoms with Crippen LogP contribution in [0.25, 0.3) is 11.4 Å². The summed E-state index contributed by atoms with van der Waals surface area (Å²) in [5.41, 5.74) is 2.85. The second kappa shape index (κ2) is 11.6. The Balaban J connectivity index is 1.55. The Kier molecular flexibility index (Phi) is 8.05. The Morgan fingerprint density at radius 2 is 1.69 bits per heavy atom. The van der Waals surface area contributed by atoms with Gasteiger partial charge in [-0.2, -0.15) is 0 Å². The fourth-order valence-electron chi connectivity index (χ4n) is 3.57. The molecular weight excluding hydrogens is 460 g/mol. The number of amides is 1. The van der Waals surface area contributed by atoms with Crippen molar-refractivity contribution in [3.8, 4) is 22.9 Å². The number of benzene rings is 3. The van der Waals surface area contributed by atoms with Gasteiger partial charge in [-0.25, -0.2) is 0 Å². The highest BCUT2D eigenvalue weighted by atomic mass is 32.2. The van der Waals surface area contributed by atoms with Crippen LogP contribution in [-0.2, 0) is 17.8 Å². The molecule has 35 heavy (non-hydrogen) atoms. The fourth-order valence-corrected chi connectivity index (χ4v) is 4.45. The van der Waals surface area contributed by atoms with Gasteiger partial charge in [-0.1, -0.05) is 48.2 Å². The second-order valence-electron chi connectivity index (χ2n) is 7.90. The molecule has 1 aromatic heterocycles. The Hall–Kier alpha value is -3.78. The van der Waals surface area contributed by atoms with E-state index in [-0.39, 0.29) is 11.2 Å². The van der Waals surface area contributed by atoms with Crippen molar-refractivity contribution in [1.29, 1.82) is 0 Å². The van der Waals surface area contributed by atoms with Crippen LogP contribution in [0.4, 0.5) is 5.69 Å². The average molecular weight is 489 g/mol. The lowest BCUT2D eigenvalue weighted by molar-refractivity contribution is -0.115. The zero-order valence-corrected chi connectivity index (χ0v) is 20.8. The molecular formula is C27H28N4O3S. The fraction of sp³-hybridized carbons (Fsp3) is 0.222. The van der Waals surface area contributed by atoms with Gasteiger partial charge in [0.2, 0.25) is 5.91 Å². The molecule has 1 heterocycles. The largest absolute Gasteiger partial charge is 0.497 e.